The summed E-state index contributed by atoms with van der Waals surface area (Å²) in [6.45, 7) is 6.87. The van der Waals surface area contributed by atoms with Crippen LogP contribution < -0.4 is 0 Å². The number of alkyl halides is 2. The molecule has 0 saturated heterocycles. The van der Waals surface area contributed by atoms with Crippen molar-refractivity contribution in [2.75, 3.05) is 13.6 Å². The summed E-state index contributed by atoms with van der Waals surface area (Å²) in [5.74, 6) is -2.91. The molecule has 10 nitrogen and oxygen atoms in total. The molecular formula is C22H28F2NO9P. The molecule has 2 N–H and O–H groups in total. The van der Waals surface area contributed by atoms with Crippen LogP contribution in [0.15, 0.2) is 24.3 Å². The van der Waals surface area contributed by atoms with Crippen LogP contribution in [0.5, 0.6) is 0 Å². The normalized spacial score (nSPS) is 13.0. The molecule has 2 aromatic rings. The lowest BCUT2D eigenvalue weighted by molar-refractivity contribution is -0.163. The zero-order chi connectivity index (χ0) is 26.8. The molecule has 2 rings (SSSR count). The van der Waals surface area contributed by atoms with Crippen molar-refractivity contribution in [2.24, 2.45) is 10.8 Å². The molecule has 1 aromatic heterocycles. The van der Waals surface area contributed by atoms with Gasteiger partial charge in [0.05, 0.1) is 10.8 Å². The number of aromatic amines is 1. The second kappa shape index (κ2) is 10.0. The van der Waals surface area contributed by atoms with Gasteiger partial charge in [0.25, 0.3) is 0 Å². The number of carboxylic acids is 1. The molecule has 0 aliphatic carbocycles. The molecule has 0 aliphatic heterocycles. The van der Waals surface area contributed by atoms with Gasteiger partial charge in [-0.1, -0.05) is 6.07 Å². The molecule has 1 heterocycles. The van der Waals surface area contributed by atoms with Gasteiger partial charge in [-0.3, -0.25) is 23.2 Å². The number of ether oxygens (including phenoxy) is 2. The average molecular weight is 519 g/mol. The summed E-state index contributed by atoms with van der Waals surface area (Å²) < 4.78 is 63.4. The van der Waals surface area contributed by atoms with Crippen LogP contribution in [0.4, 0.5) is 8.78 Å². The molecule has 0 bridgehead atoms. The molecule has 0 fully saturated rings. The lowest BCUT2D eigenvalue weighted by Crippen LogP contribution is -2.27. The van der Waals surface area contributed by atoms with E-state index in [-0.39, 0.29) is 16.6 Å². The minimum atomic E-state index is -5.47. The van der Waals surface area contributed by atoms with Crippen molar-refractivity contribution in [1.29, 1.82) is 0 Å². The van der Waals surface area contributed by atoms with Crippen molar-refractivity contribution in [3.05, 3.63) is 35.5 Å². The lowest BCUT2D eigenvalue weighted by atomic mass is 9.98. The highest BCUT2D eigenvalue weighted by Crippen LogP contribution is 2.67. The van der Waals surface area contributed by atoms with Crippen LogP contribution in [0.3, 0.4) is 0 Å². The van der Waals surface area contributed by atoms with E-state index < -0.39 is 61.1 Å². The van der Waals surface area contributed by atoms with Gasteiger partial charge in [-0.25, -0.2) is 4.79 Å². The highest BCUT2D eigenvalue weighted by atomic mass is 31.2. The van der Waals surface area contributed by atoms with E-state index in [0.717, 1.165) is 18.2 Å². The predicted molar refractivity (Wildman–Crippen MR) is 120 cm³/mol. The summed E-state index contributed by atoms with van der Waals surface area (Å²) >= 11 is 0. The number of benzene rings is 1. The number of esters is 2. The zero-order valence-electron chi connectivity index (χ0n) is 20.1. The van der Waals surface area contributed by atoms with Gasteiger partial charge in [0, 0.05) is 16.5 Å². The van der Waals surface area contributed by atoms with Gasteiger partial charge in [-0.2, -0.15) is 8.78 Å². The largest absolute Gasteiger partial charge is 0.477 e. The number of carboxylic acid groups (broad SMARTS) is 1. The molecule has 13 heteroatoms. The van der Waals surface area contributed by atoms with Gasteiger partial charge in [-0.05, 0) is 59.7 Å². The number of H-pyrrole nitrogens is 1. The third-order valence-electron chi connectivity index (χ3n) is 4.59. The topological polar surface area (TPSA) is 141 Å². The molecule has 35 heavy (non-hydrogen) atoms. The summed E-state index contributed by atoms with van der Waals surface area (Å²) in [5, 5.41) is 9.20. The van der Waals surface area contributed by atoms with E-state index in [1.807, 2.05) is 0 Å². The first-order valence-electron chi connectivity index (χ1n) is 10.4. The van der Waals surface area contributed by atoms with Crippen LogP contribution in [0.2, 0.25) is 0 Å². The summed E-state index contributed by atoms with van der Waals surface area (Å²) in [4.78, 5) is 37.6. The van der Waals surface area contributed by atoms with Crippen LogP contribution in [-0.4, -0.2) is 41.6 Å². The Morgan fingerprint density at radius 1 is 0.914 bits per heavy atom. The maximum absolute atomic E-state index is 15.5. The number of hydrogen-bond acceptors (Lipinski definition) is 8. The van der Waals surface area contributed by atoms with E-state index in [9.17, 15) is 18.9 Å². The van der Waals surface area contributed by atoms with E-state index >= 15 is 8.78 Å². The number of carbonyl (C=O) groups excluding carboxylic acids is 2. The van der Waals surface area contributed by atoms with Crippen molar-refractivity contribution in [3.8, 4) is 0 Å². The Hall–Kier alpha value is -2.82. The summed E-state index contributed by atoms with van der Waals surface area (Å²) in [6.07, 6.45) is 0. The lowest BCUT2D eigenvalue weighted by Gasteiger charge is -2.27. The first kappa shape index (κ1) is 28.4. The Morgan fingerprint density at radius 3 is 1.83 bits per heavy atom. The van der Waals surface area contributed by atoms with Crippen molar-refractivity contribution in [2.45, 2.75) is 47.2 Å². The molecule has 0 aliphatic rings. The van der Waals surface area contributed by atoms with Crippen molar-refractivity contribution >= 4 is 36.4 Å². The molecule has 1 aromatic carbocycles. The van der Waals surface area contributed by atoms with Gasteiger partial charge in [0.15, 0.2) is 0 Å². The number of hydrogen-bond donors (Lipinski definition) is 2. The highest BCUT2D eigenvalue weighted by molar-refractivity contribution is 7.54. The fraction of sp³-hybridized carbons (Fsp3) is 0.500. The van der Waals surface area contributed by atoms with Crippen LogP contribution >= 0.6 is 7.60 Å². The maximum atomic E-state index is 15.5. The Morgan fingerprint density at radius 2 is 1.40 bits per heavy atom. The molecule has 0 radical (unpaired) electrons. The molecule has 0 saturated carbocycles. The van der Waals surface area contributed by atoms with Crippen LogP contribution in [0.25, 0.3) is 10.9 Å². The van der Waals surface area contributed by atoms with Gasteiger partial charge in [0.1, 0.15) is 5.69 Å². The maximum Gasteiger partial charge on any atom is 0.410 e. The Balaban J connectivity index is 2.35. The quantitative estimate of drug-likeness (QED) is 0.259. The third kappa shape index (κ3) is 6.65. The molecule has 194 valence electrons. The Kier molecular flexibility index (Phi) is 8.15. The van der Waals surface area contributed by atoms with Gasteiger partial charge in [-0.15, -0.1) is 0 Å². The second-order valence-corrected chi connectivity index (χ2v) is 11.8. The zero-order valence-corrected chi connectivity index (χ0v) is 21.0. The minimum Gasteiger partial charge on any atom is -0.477 e. The van der Waals surface area contributed by atoms with Gasteiger partial charge in [0.2, 0.25) is 13.6 Å². The molecule has 0 amide bonds. The standard InChI is InChI=1S/C22H28F2NO9P/c1-20(2,3)18(28)31-11-33-35(30,34-12-32-19(29)21(4,5)6)22(23,24)14-7-8-15-13(9-14)10-16(25-15)17(26)27/h7-10,25H,11-12H2,1-6H3,(H,26,27). The Labute approximate surface area is 200 Å². The van der Waals surface area contributed by atoms with Crippen LogP contribution in [-0.2, 0) is 38.3 Å². The number of halogens is 2. The fourth-order valence-electron chi connectivity index (χ4n) is 2.52. The summed E-state index contributed by atoms with van der Waals surface area (Å²) in [6, 6.07) is 4.13. The number of fused-ring (bicyclic) bond motifs is 1. The van der Waals surface area contributed by atoms with E-state index in [4.69, 9.17) is 23.6 Å². The van der Waals surface area contributed by atoms with Crippen molar-refractivity contribution < 1.29 is 51.4 Å². The monoisotopic (exact) mass is 519 g/mol. The van der Waals surface area contributed by atoms with Crippen LogP contribution in [0, 0.1) is 10.8 Å². The SMILES string of the molecule is CC(C)(C)C(=O)OCOP(=O)(OCOC(=O)C(C)(C)C)C(F)(F)c1ccc2[nH]c(C(=O)O)cc2c1. The molecule has 0 spiro atoms. The molecular weight excluding hydrogens is 491 g/mol. The van der Waals surface area contributed by atoms with E-state index in [1.165, 1.54) is 47.6 Å². The van der Waals surface area contributed by atoms with E-state index in [0.29, 0.717) is 0 Å². The number of nitrogens with one attached hydrogen (secondary N) is 1. The van der Waals surface area contributed by atoms with E-state index in [1.54, 1.807) is 0 Å². The molecule has 0 unspecified atom stereocenters. The summed E-state index contributed by atoms with van der Waals surface area (Å²) in [7, 11) is -5.47. The highest BCUT2D eigenvalue weighted by Gasteiger charge is 2.56. The first-order chi connectivity index (χ1) is 15.9. The first-order valence-corrected chi connectivity index (χ1v) is 11.9. The van der Waals surface area contributed by atoms with Crippen LogP contribution in [0.1, 0.15) is 57.6 Å². The second-order valence-electron chi connectivity index (χ2n) is 9.69. The van der Waals surface area contributed by atoms with E-state index in [2.05, 4.69) is 4.98 Å². The van der Waals surface area contributed by atoms with Gasteiger partial charge < -0.3 is 19.6 Å². The number of rotatable bonds is 9. The fourth-order valence-corrected chi connectivity index (χ4v) is 3.76. The Bertz CT molecular complexity index is 1130. The van der Waals surface area contributed by atoms with Crippen molar-refractivity contribution in [1.82, 2.24) is 4.98 Å². The smallest absolute Gasteiger partial charge is 0.410 e. The predicted octanol–water partition coefficient (Wildman–Crippen LogP) is 5.24. The average Bonchev–Trinajstić information content (AvgIpc) is 3.16. The van der Waals surface area contributed by atoms with Gasteiger partial charge >= 0.3 is 31.2 Å². The third-order valence-corrected chi connectivity index (χ3v) is 6.43. The number of aromatic nitrogens is 1. The molecule has 0 atom stereocenters. The minimum absolute atomic E-state index is 0.101. The van der Waals surface area contributed by atoms with Crippen molar-refractivity contribution in [3.63, 3.8) is 0 Å². The number of carbonyl (C=O) groups is 3. The summed E-state index contributed by atoms with van der Waals surface area (Å²) in [5.41, 5.74) is -7.09. The number of aromatic carboxylic acids is 1.